The summed E-state index contributed by atoms with van der Waals surface area (Å²) < 4.78 is 0. The molecule has 0 atom stereocenters. The summed E-state index contributed by atoms with van der Waals surface area (Å²) in [5.41, 5.74) is 18.8. The van der Waals surface area contributed by atoms with Crippen LogP contribution in [0.15, 0.2) is 85.1 Å². The number of nitrogen functional groups attached to an aromatic ring is 2. The van der Waals surface area contributed by atoms with E-state index in [4.69, 9.17) is 11.5 Å². The van der Waals surface area contributed by atoms with E-state index in [1.165, 1.54) is 0 Å². The Kier molecular flexibility index (Phi) is 3.69. The van der Waals surface area contributed by atoms with Crippen LogP contribution in [0.3, 0.4) is 0 Å². The van der Waals surface area contributed by atoms with Crippen molar-refractivity contribution >= 4 is 33.3 Å². The number of hydrogen-bond acceptors (Lipinski definition) is 4. The molecule has 0 radical (unpaired) electrons. The highest BCUT2D eigenvalue weighted by Gasteiger charge is 2.16. The molecule has 0 aliphatic carbocycles. The van der Waals surface area contributed by atoms with Crippen LogP contribution >= 0.6 is 0 Å². The van der Waals surface area contributed by atoms with Crippen molar-refractivity contribution in [3.63, 3.8) is 0 Å². The number of anilines is 2. The maximum absolute atomic E-state index is 6.34. The van der Waals surface area contributed by atoms with Gasteiger partial charge in [0.1, 0.15) is 5.82 Å². The van der Waals surface area contributed by atoms with E-state index in [1.807, 2.05) is 60.8 Å². The summed E-state index contributed by atoms with van der Waals surface area (Å²) in [5.74, 6) is 0.325. The first kappa shape index (κ1) is 16.3. The highest BCUT2D eigenvalue weighted by Crippen LogP contribution is 2.39. The van der Waals surface area contributed by atoms with Crippen molar-refractivity contribution in [2.24, 2.45) is 0 Å². The molecule has 4 heteroatoms. The predicted molar refractivity (Wildman–Crippen MR) is 117 cm³/mol. The zero-order chi connectivity index (χ0) is 19.1. The first-order valence-corrected chi connectivity index (χ1v) is 9.11. The fraction of sp³-hybridized carbons (Fsp3) is 0. The lowest BCUT2D eigenvalue weighted by Gasteiger charge is -2.14. The Morgan fingerprint density at radius 2 is 1.25 bits per heavy atom. The van der Waals surface area contributed by atoms with Gasteiger partial charge in [0.15, 0.2) is 0 Å². The first-order valence-electron chi connectivity index (χ1n) is 9.11. The average molecular weight is 362 g/mol. The molecule has 134 valence electrons. The van der Waals surface area contributed by atoms with Gasteiger partial charge in [-0.25, -0.2) is 4.98 Å². The lowest BCUT2D eigenvalue weighted by molar-refractivity contribution is 1.38. The van der Waals surface area contributed by atoms with E-state index in [-0.39, 0.29) is 0 Å². The molecule has 0 fully saturated rings. The fourth-order valence-corrected chi connectivity index (χ4v) is 3.76. The van der Waals surface area contributed by atoms with Gasteiger partial charge in [-0.05, 0) is 22.8 Å². The highest BCUT2D eigenvalue weighted by molar-refractivity contribution is 6.14. The smallest absolute Gasteiger partial charge is 0.148 e. The summed E-state index contributed by atoms with van der Waals surface area (Å²) in [7, 11) is 0. The Bertz CT molecular complexity index is 1310. The molecule has 4 N–H and O–H groups in total. The molecule has 0 aliphatic heterocycles. The standard InChI is InChI=1S/C24H18N4/c25-21-20(16-9-5-2-6-10-16)19-12-11-18-17(15-7-3-1-4-8-15)13-14-27-22(18)23(19)28-24(21)26/h1-14H,25H2,(H2,26,28). The third kappa shape index (κ3) is 2.47. The molecule has 0 amide bonds. The number of aromatic nitrogens is 2. The topological polar surface area (TPSA) is 77.8 Å². The summed E-state index contributed by atoms with van der Waals surface area (Å²) in [6, 6.07) is 26.5. The van der Waals surface area contributed by atoms with Crippen LogP contribution in [0.25, 0.3) is 44.1 Å². The van der Waals surface area contributed by atoms with Crippen molar-refractivity contribution in [3.05, 3.63) is 85.1 Å². The van der Waals surface area contributed by atoms with E-state index in [1.54, 1.807) is 0 Å². The second kappa shape index (κ2) is 6.35. The van der Waals surface area contributed by atoms with Crippen LogP contribution < -0.4 is 11.5 Å². The van der Waals surface area contributed by atoms with Crippen molar-refractivity contribution < 1.29 is 0 Å². The van der Waals surface area contributed by atoms with Crippen LogP contribution in [0.5, 0.6) is 0 Å². The van der Waals surface area contributed by atoms with Gasteiger partial charge in [-0.2, -0.15) is 0 Å². The number of benzene rings is 3. The van der Waals surface area contributed by atoms with Crippen LogP contribution in [0.2, 0.25) is 0 Å². The second-order valence-electron chi connectivity index (χ2n) is 6.73. The molecular formula is C24H18N4. The molecule has 5 rings (SSSR count). The molecule has 0 bridgehead atoms. The molecule has 0 aliphatic rings. The van der Waals surface area contributed by atoms with E-state index in [9.17, 15) is 0 Å². The Hall–Kier alpha value is -3.92. The molecule has 5 aromatic rings. The molecule has 0 saturated heterocycles. The lowest BCUT2D eigenvalue weighted by Crippen LogP contribution is -2.02. The van der Waals surface area contributed by atoms with Crippen molar-refractivity contribution in [3.8, 4) is 22.3 Å². The summed E-state index contributed by atoms with van der Waals surface area (Å²) in [5, 5.41) is 1.99. The monoisotopic (exact) mass is 362 g/mol. The fourth-order valence-electron chi connectivity index (χ4n) is 3.76. The van der Waals surface area contributed by atoms with Crippen molar-refractivity contribution in [1.82, 2.24) is 9.97 Å². The van der Waals surface area contributed by atoms with E-state index in [0.29, 0.717) is 11.5 Å². The number of nitrogens with zero attached hydrogens (tertiary/aromatic N) is 2. The zero-order valence-electron chi connectivity index (χ0n) is 15.1. The maximum Gasteiger partial charge on any atom is 0.148 e. The Morgan fingerprint density at radius 1 is 0.607 bits per heavy atom. The zero-order valence-corrected chi connectivity index (χ0v) is 15.1. The average Bonchev–Trinajstić information content (AvgIpc) is 2.75. The third-order valence-electron chi connectivity index (χ3n) is 5.08. The first-order chi connectivity index (χ1) is 13.7. The molecule has 28 heavy (non-hydrogen) atoms. The molecule has 2 heterocycles. The molecule has 2 aromatic heterocycles. The molecule has 0 unspecified atom stereocenters. The van der Waals surface area contributed by atoms with Gasteiger partial charge in [-0.15, -0.1) is 0 Å². The van der Waals surface area contributed by atoms with E-state index >= 15 is 0 Å². The van der Waals surface area contributed by atoms with Crippen LogP contribution in [0, 0.1) is 0 Å². The summed E-state index contributed by atoms with van der Waals surface area (Å²) >= 11 is 0. The second-order valence-corrected chi connectivity index (χ2v) is 6.73. The lowest BCUT2D eigenvalue weighted by atomic mass is 9.95. The normalized spacial score (nSPS) is 11.1. The molecule has 0 saturated carbocycles. The highest BCUT2D eigenvalue weighted by atomic mass is 14.9. The quantitative estimate of drug-likeness (QED) is 0.419. The maximum atomic E-state index is 6.34. The molecule has 4 nitrogen and oxygen atoms in total. The number of pyridine rings is 2. The number of rotatable bonds is 2. The summed E-state index contributed by atoms with van der Waals surface area (Å²) in [4.78, 5) is 9.26. The van der Waals surface area contributed by atoms with Gasteiger partial charge in [0.05, 0.1) is 16.7 Å². The SMILES string of the molecule is Nc1nc2c(ccc3c(-c4ccccc4)ccnc32)c(-c2ccccc2)c1N. The van der Waals surface area contributed by atoms with Crippen LogP contribution in [-0.2, 0) is 0 Å². The van der Waals surface area contributed by atoms with Gasteiger partial charge >= 0.3 is 0 Å². The number of hydrogen-bond donors (Lipinski definition) is 2. The van der Waals surface area contributed by atoms with Gasteiger partial charge in [0.25, 0.3) is 0 Å². The minimum atomic E-state index is 0.325. The molecular weight excluding hydrogens is 344 g/mol. The molecule has 0 spiro atoms. The van der Waals surface area contributed by atoms with E-state index in [2.05, 4.69) is 34.2 Å². The van der Waals surface area contributed by atoms with Crippen LogP contribution in [-0.4, -0.2) is 9.97 Å². The van der Waals surface area contributed by atoms with Crippen LogP contribution in [0.1, 0.15) is 0 Å². The largest absolute Gasteiger partial charge is 0.395 e. The Balaban J connectivity index is 1.89. The van der Waals surface area contributed by atoms with Crippen molar-refractivity contribution in [2.45, 2.75) is 0 Å². The number of fused-ring (bicyclic) bond motifs is 3. The molecule has 3 aromatic carbocycles. The summed E-state index contributed by atoms with van der Waals surface area (Å²) in [6.07, 6.45) is 1.82. The predicted octanol–water partition coefficient (Wildman–Crippen LogP) is 5.28. The Labute approximate surface area is 162 Å². The van der Waals surface area contributed by atoms with Gasteiger partial charge in [-0.1, -0.05) is 72.8 Å². The van der Waals surface area contributed by atoms with Crippen molar-refractivity contribution in [1.29, 1.82) is 0 Å². The van der Waals surface area contributed by atoms with Gasteiger partial charge in [0.2, 0.25) is 0 Å². The van der Waals surface area contributed by atoms with E-state index in [0.717, 1.165) is 44.1 Å². The van der Waals surface area contributed by atoms with Gasteiger partial charge in [0, 0.05) is 22.5 Å². The minimum absolute atomic E-state index is 0.325. The number of nitrogens with two attached hydrogens (primary N) is 2. The minimum Gasteiger partial charge on any atom is -0.395 e. The van der Waals surface area contributed by atoms with Crippen LogP contribution in [0.4, 0.5) is 11.5 Å². The van der Waals surface area contributed by atoms with Gasteiger partial charge in [-0.3, -0.25) is 4.98 Å². The van der Waals surface area contributed by atoms with E-state index < -0.39 is 0 Å². The van der Waals surface area contributed by atoms with Gasteiger partial charge < -0.3 is 11.5 Å². The third-order valence-corrected chi connectivity index (χ3v) is 5.08. The Morgan fingerprint density at radius 3 is 1.96 bits per heavy atom. The van der Waals surface area contributed by atoms with Crippen molar-refractivity contribution in [2.75, 3.05) is 11.5 Å². The summed E-state index contributed by atoms with van der Waals surface area (Å²) in [6.45, 7) is 0.